The fourth-order valence-corrected chi connectivity index (χ4v) is 3.75. The molecule has 2 heterocycles. The van der Waals surface area contributed by atoms with Crippen LogP contribution in [0.1, 0.15) is 43.1 Å². The van der Waals surface area contributed by atoms with E-state index in [2.05, 4.69) is 64.8 Å². The Balaban J connectivity index is 0.00000300. The number of aliphatic imine (C=N–C) groups is 1. The van der Waals surface area contributed by atoms with Crippen LogP contribution in [0.2, 0.25) is 0 Å². The Labute approximate surface area is 192 Å². The summed E-state index contributed by atoms with van der Waals surface area (Å²) >= 11 is 0. The van der Waals surface area contributed by atoms with E-state index in [4.69, 9.17) is 4.99 Å². The molecule has 0 radical (unpaired) electrons. The fraction of sp³-hybridized carbons (Fsp3) is 0.545. The summed E-state index contributed by atoms with van der Waals surface area (Å²) in [4.78, 5) is 7.36. The largest absolute Gasteiger partial charge is 0.357 e. The molecule has 160 valence electrons. The van der Waals surface area contributed by atoms with Gasteiger partial charge in [0.2, 0.25) is 0 Å². The Bertz CT molecular complexity index is 779. The number of para-hydroxylation sites is 1. The Morgan fingerprint density at radius 1 is 1.10 bits per heavy atom. The van der Waals surface area contributed by atoms with Gasteiger partial charge in [0.1, 0.15) is 0 Å². The van der Waals surface area contributed by atoms with E-state index in [9.17, 15) is 0 Å². The summed E-state index contributed by atoms with van der Waals surface area (Å²) in [6, 6.07) is 10.5. The van der Waals surface area contributed by atoms with Gasteiger partial charge in [0, 0.05) is 25.3 Å². The molecule has 2 N–H and O–H groups in total. The van der Waals surface area contributed by atoms with Crippen molar-refractivity contribution in [2.45, 2.75) is 46.6 Å². The molecule has 0 atom stereocenters. The lowest BCUT2D eigenvalue weighted by Crippen LogP contribution is -2.42. The lowest BCUT2D eigenvalue weighted by atomic mass is 10.1. The SMILES string of the molecule is CCNC(=NCc1ccccc1-n1nc(C)cc1C)NCCN1CCCCC1.I. The van der Waals surface area contributed by atoms with Gasteiger partial charge in [0.15, 0.2) is 5.96 Å². The zero-order valence-corrected chi connectivity index (χ0v) is 20.3. The molecular formula is C22H35IN6. The molecule has 0 spiro atoms. The summed E-state index contributed by atoms with van der Waals surface area (Å²) in [6.07, 6.45) is 4.04. The minimum absolute atomic E-state index is 0. The number of piperidine rings is 1. The van der Waals surface area contributed by atoms with Crippen LogP contribution in [0.4, 0.5) is 0 Å². The van der Waals surface area contributed by atoms with Gasteiger partial charge in [-0.15, -0.1) is 24.0 Å². The summed E-state index contributed by atoms with van der Waals surface area (Å²) < 4.78 is 2.01. The monoisotopic (exact) mass is 510 g/mol. The van der Waals surface area contributed by atoms with E-state index in [-0.39, 0.29) is 24.0 Å². The smallest absolute Gasteiger partial charge is 0.191 e. The number of guanidine groups is 1. The Morgan fingerprint density at radius 2 is 1.86 bits per heavy atom. The molecule has 0 bridgehead atoms. The van der Waals surface area contributed by atoms with Crippen molar-refractivity contribution in [3.8, 4) is 5.69 Å². The van der Waals surface area contributed by atoms with Gasteiger partial charge in [-0.3, -0.25) is 0 Å². The third kappa shape index (κ3) is 6.99. The molecule has 1 aromatic carbocycles. The second-order valence-electron chi connectivity index (χ2n) is 7.49. The standard InChI is InChI=1S/C22H34N6.HI/c1-4-23-22(24-12-15-27-13-8-5-9-14-27)25-17-20-10-6-7-11-21(20)28-19(3)16-18(2)26-28;/h6-7,10-11,16H,4-5,8-9,12-15,17H2,1-3H3,(H2,23,24,25);1H. The van der Waals surface area contributed by atoms with Crippen LogP contribution in [0.3, 0.4) is 0 Å². The molecule has 1 aromatic heterocycles. The maximum Gasteiger partial charge on any atom is 0.191 e. The lowest BCUT2D eigenvalue weighted by Gasteiger charge is -2.26. The van der Waals surface area contributed by atoms with Gasteiger partial charge >= 0.3 is 0 Å². The first-order chi connectivity index (χ1) is 13.7. The van der Waals surface area contributed by atoms with E-state index >= 15 is 0 Å². The maximum atomic E-state index is 4.82. The van der Waals surface area contributed by atoms with E-state index in [0.717, 1.165) is 42.7 Å². The minimum atomic E-state index is 0. The molecule has 7 heteroatoms. The number of nitrogens with zero attached hydrogens (tertiary/aromatic N) is 4. The van der Waals surface area contributed by atoms with Crippen molar-refractivity contribution in [2.24, 2.45) is 4.99 Å². The highest BCUT2D eigenvalue weighted by atomic mass is 127. The molecule has 6 nitrogen and oxygen atoms in total. The van der Waals surface area contributed by atoms with Crippen LogP contribution in [-0.4, -0.2) is 53.4 Å². The predicted octanol–water partition coefficient (Wildman–Crippen LogP) is 3.65. The summed E-state index contributed by atoms with van der Waals surface area (Å²) in [5, 5.41) is 11.5. The van der Waals surface area contributed by atoms with Crippen molar-refractivity contribution in [2.75, 3.05) is 32.7 Å². The van der Waals surface area contributed by atoms with E-state index < -0.39 is 0 Å². The van der Waals surface area contributed by atoms with Crippen molar-refractivity contribution in [3.05, 3.63) is 47.3 Å². The number of rotatable bonds is 7. The third-order valence-corrected chi connectivity index (χ3v) is 5.15. The Morgan fingerprint density at radius 3 is 2.55 bits per heavy atom. The molecule has 1 aliphatic rings. The average molecular weight is 510 g/mol. The van der Waals surface area contributed by atoms with Crippen LogP contribution in [0.5, 0.6) is 0 Å². The van der Waals surface area contributed by atoms with Gasteiger partial charge in [-0.05, 0) is 64.4 Å². The van der Waals surface area contributed by atoms with Crippen molar-refractivity contribution >= 4 is 29.9 Å². The highest BCUT2D eigenvalue weighted by Crippen LogP contribution is 2.17. The molecular weight excluding hydrogens is 475 g/mol. The summed E-state index contributed by atoms with van der Waals surface area (Å²) in [5.41, 5.74) is 4.44. The number of hydrogen-bond donors (Lipinski definition) is 2. The fourth-order valence-electron chi connectivity index (χ4n) is 3.75. The average Bonchev–Trinajstić information content (AvgIpc) is 3.05. The van der Waals surface area contributed by atoms with Crippen molar-refractivity contribution < 1.29 is 0 Å². The first kappa shape index (κ1) is 23.7. The molecule has 0 saturated carbocycles. The first-order valence-electron chi connectivity index (χ1n) is 10.5. The molecule has 0 aliphatic carbocycles. The molecule has 1 aliphatic heterocycles. The van der Waals surface area contributed by atoms with Gasteiger partial charge in [0.05, 0.1) is 17.9 Å². The van der Waals surface area contributed by atoms with Gasteiger partial charge in [-0.1, -0.05) is 24.6 Å². The zero-order valence-electron chi connectivity index (χ0n) is 17.9. The third-order valence-electron chi connectivity index (χ3n) is 5.15. The highest BCUT2D eigenvalue weighted by Gasteiger charge is 2.10. The number of nitrogens with one attached hydrogen (secondary N) is 2. The normalized spacial score (nSPS) is 15.1. The molecule has 3 rings (SSSR count). The summed E-state index contributed by atoms with van der Waals surface area (Å²) in [5.74, 6) is 0.877. The summed E-state index contributed by atoms with van der Waals surface area (Å²) in [6.45, 7) is 12.1. The number of halogens is 1. The second-order valence-corrected chi connectivity index (χ2v) is 7.49. The molecule has 29 heavy (non-hydrogen) atoms. The molecule has 0 amide bonds. The second kappa shape index (κ2) is 12.2. The van der Waals surface area contributed by atoms with Crippen molar-refractivity contribution in [1.82, 2.24) is 25.3 Å². The summed E-state index contributed by atoms with van der Waals surface area (Å²) in [7, 11) is 0. The molecule has 1 saturated heterocycles. The Kier molecular flexibility index (Phi) is 9.93. The Hall–Kier alpha value is -1.61. The van der Waals surface area contributed by atoms with Gasteiger partial charge in [0.25, 0.3) is 0 Å². The predicted molar refractivity (Wildman–Crippen MR) is 132 cm³/mol. The van der Waals surface area contributed by atoms with Crippen LogP contribution < -0.4 is 10.6 Å². The van der Waals surface area contributed by atoms with Gasteiger partial charge in [-0.2, -0.15) is 5.10 Å². The van der Waals surface area contributed by atoms with Crippen LogP contribution in [-0.2, 0) is 6.54 Å². The van der Waals surface area contributed by atoms with Gasteiger partial charge in [-0.25, -0.2) is 9.67 Å². The van der Waals surface area contributed by atoms with Crippen LogP contribution in [0.25, 0.3) is 5.69 Å². The van der Waals surface area contributed by atoms with E-state index in [1.165, 1.54) is 37.9 Å². The highest BCUT2D eigenvalue weighted by molar-refractivity contribution is 14.0. The molecule has 2 aromatic rings. The van der Waals surface area contributed by atoms with Crippen molar-refractivity contribution in [1.29, 1.82) is 0 Å². The van der Waals surface area contributed by atoms with E-state index in [0.29, 0.717) is 6.54 Å². The number of aryl methyl sites for hydroxylation is 2. The number of aromatic nitrogens is 2. The number of likely N-dealkylation sites (tertiary alicyclic amines) is 1. The van der Waals surface area contributed by atoms with E-state index in [1.54, 1.807) is 0 Å². The number of hydrogen-bond acceptors (Lipinski definition) is 3. The molecule has 0 unspecified atom stereocenters. The quantitative estimate of drug-likeness (QED) is 0.339. The lowest BCUT2D eigenvalue weighted by molar-refractivity contribution is 0.232. The topological polar surface area (TPSA) is 57.5 Å². The van der Waals surface area contributed by atoms with E-state index in [1.807, 2.05) is 11.6 Å². The van der Waals surface area contributed by atoms with Gasteiger partial charge < -0.3 is 15.5 Å². The number of benzene rings is 1. The van der Waals surface area contributed by atoms with Crippen LogP contribution >= 0.6 is 24.0 Å². The first-order valence-corrected chi connectivity index (χ1v) is 10.5. The van der Waals surface area contributed by atoms with Crippen LogP contribution in [0, 0.1) is 13.8 Å². The maximum absolute atomic E-state index is 4.82. The zero-order chi connectivity index (χ0) is 19.8. The van der Waals surface area contributed by atoms with Crippen molar-refractivity contribution in [3.63, 3.8) is 0 Å². The minimum Gasteiger partial charge on any atom is -0.357 e. The van der Waals surface area contributed by atoms with Crippen LogP contribution in [0.15, 0.2) is 35.3 Å². The molecule has 1 fully saturated rings.